The molecule has 0 heterocycles. The summed E-state index contributed by atoms with van der Waals surface area (Å²) in [6.07, 6.45) is 1.49. The van der Waals surface area contributed by atoms with Crippen molar-refractivity contribution in [3.8, 4) is 0 Å². The van der Waals surface area contributed by atoms with Crippen LogP contribution in [-0.2, 0) is 19.4 Å². The molecule has 6 nitrogen and oxygen atoms in total. The summed E-state index contributed by atoms with van der Waals surface area (Å²) < 4.78 is 23.1. The van der Waals surface area contributed by atoms with Gasteiger partial charge in [0.05, 0.1) is 11.2 Å². The summed E-state index contributed by atoms with van der Waals surface area (Å²) in [6.45, 7) is 3.05. The summed E-state index contributed by atoms with van der Waals surface area (Å²) in [5, 5.41) is 10.8. The number of hydrogen-bond donors (Lipinski definition) is 2. The second kappa shape index (κ2) is 5.69. The first-order valence-corrected chi connectivity index (χ1v) is 7.67. The number of nitrogens with one attached hydrogen (secondary N) is 1. The van der Waals surface area contributed by atoms with Gasteiger partial charge in [-0.1, -0.05) is 0 Å². The number of carbonyl (C=O) groups excluding carboxylic acids is 1. The van der Waals surface area contributed by atoms with Gasteiger partial charge in [0.2, 0.25) is 5.91 Å². The standard InChI is InChI=1S/C11H19NO5S/c1-7(2)18(16,17)6-10(13)12-9-4-3-8(5-9)11(14)15/h7-9H,3-6H2,1-2H3,(H,12,13)(H,14,15)/t8-,9+/m0/s1. The highest BCUT2D eigenvalue weighted by molar-refractivity contribution is 7.92. The van der Waals surface area contributed by atoms with Crippen molar-refractivity contribution in [2.75, 3.05) is 5.75 Å². The lowest BCUT2D eigenvalue weighted by atomic mass is 10.1. The Morgan fingerprint density at radius 2 is 1.94 bits per heavy atom. The van der Waals surface area contributed by atoms with Gasteiger partial charge in [-0.25, -0.2) is 8.42 Å². The Bertz CT molecular complexity index is 429. The summed E-state index contributed by atoms with van der Waals surface area (Å²) in [4.78, 5) is 22.3. The van der Waals surface area contributed by atoms with E-state index in [4.69, 9.17) is 5.11 Å². The Hall–Kier alpha value is -1.11. The first-order chi connectivity index (χ1) is 8.22. The Kier molecular flexibility index (Phi) is 4.72. The Morgan fingerprint density at radius 3 is 2.39 bits per heavy atom. The molecule has 0 unspecified atom stereocenters. The van der Waals surface area contributed by atoms with Crippen molar-refractivity contribution in [3.05, 3.63) is 0 Å². The summed E-state index contributed by atoms with van der Waals surface area (Å²) in [7, 11) is -3.40. The molecule has 0 aromatic heterocycles. The molecule has 0 aromatic carbocycles. The molecule has 1 rings (SSSR count). The largest absolute Gasteiger partial charge is 0.481 e. The number of hydrogen-bond acceptors (Lipinski definition) is 4. The maximum atomic E-state index is 11.6. The lowest BCUT2D eigenvalue weighted by molar-refractivity contribution is -0.141. The fourth-order valence-electron chi connectivity index (χ4n) is 1.96. The Labute approximate surface area is 107 Å². The summed E-state index contributed by atoms with van der Waals surface area (Å²) in [6, 6.07) is -0.221. The molecule has 1 fully saturated rings. The summed E-state index contributed by atoms with van der Waals surface area (Å²) in [5.41, 5.74) is 0. The van der Waals surface area contributed by atoms with Crippen LogP contribution >= 0.6 is 0 Å². The third kappa shape index (κ3) is 3.97. The number of carbonyl (C=O) groups is 2. The molecule has 0 spiro atoms. The molecule has 1 saturated carbocycles. The lowest BCUT2D eigenvalue weighted by Crippen LogP contribution is -2.38. The van der Waals surface area contributed by atoms with Crippen LogP contribution < -0.4 is 5.32 Å². The minimum absolute atomic E-state index is 0.221. The number of amides is 1. The van der Waals surface area contributed by atoms with Crippen LogP contribution in [0.4, 0.5) is 0 Å². The Balaban J connectivity index is 2.46. The molecular formula is C11H19NO5S. The molecule has 2 N–H and O–H groups in total. The van der Waals surface area contributed by atoms with E-state index in [0.717, 1.165) is 0 Å². The SMILES string of the molecule is CC(C)S(=O)(=O)CC(=O)N[C@@H]1CC[C@H](C(=O)O)C1. The van der Waals surface area contributed by atoms with Gasteiger partial charge < -0.3 is 10.4 Å². The van der Waals surface area contributed by atoms with Gasteiger partial charge >= 0.3 is 5.97 Å². The van der Waals surface area contributed by atoms with Crippen LogP contribution in [0.3, 0.4) is 0 Å². The molecule has 104 valence electrons. The molecule has 1 aliphatic rings. The van der Waals surface area contributed by atoms with Gasteiger partial charge in [0.25, 0.3) is 0 Å². The van der Waals surface area contributed by atoms with Gasteiger partial charge in [0, 0.05) is 6.04 Å². The number of carboxylic acids is 1. The van der Waals surface area contributed by atoms with E-state index in [0.29, 0.717) is 19.3 Å². The Morgan fingerprint density at radius 1 is 1.33 bits per heavy atom. The molecule has 0 aromatic rings. The van der Waals surface area contributed by atoms with Crippen LogP contribution in [0.2, 0.25) is 0 Å². The summed E-state index contributed by atoms with van der Waals surface area (Å²) >= 11 is 0. The van der Waals surface area contributed by atoms with Crippen LogP contribution in [-0.4, -0.2) is 42.4 Å². The highest BCUT2D eigenvalue weighted by atomic mass is 32.2. The molecule has 0 bridgehead atoms. The van der Waals surface area contributed by atoms with Gasteiger partial charge in [0.15, 0.2) is 9.84 Å². The van der Waals surface area contributed by atoms with E-state index in [9.17, 15) is 18.0 Å². The minimum Gasteiger partial charge on any atom is -0.481 e. The van der Waals surface area contributed by atoms with Gasteiger partial charge in [-0.15, -0.1) is 0 Å². The minimum atomic E-state index is -3.40. The lowest BCUT2D eigenvalue weighted by Gasteiger charge is -2.13. The topological polar surface area (TPSA) is 101 Å². The van der Waals surface area contributed by atoms with E-state index in [1.165, 1.54) is 13.8 Å². The normalized spacial score (nSPS) is 24.2. The van der Waals surface area contributed by atoms with Crippen molar-refractivity contribution in [2.45, 2.75) is 44.4 Å². The van der Waals surface area contributed by atoms with Crippen molar-refractivity contribution in [1.29, 1.82) is 0 Å². The predicted octanol–water partition coefficient (Wildman–Crippen LogP) is 0.179. The highest BCUT2D eigenvalue weighted by Crippen LogP contribution is 2.25. The van der Waals surface area contributed by atoms with Crippen LogP contribution in [0.15, 0.2) is 0 Å². The molecule has 18 heavy (non-hydrogen) atoms. The van der Waals surface area contributed by atoms with Gasteiger partial charge in [0.1, 0.15) is 5.75 Å². The van der Waals surface area contributed by atoms with Crippen molar-refractivity contribution >= 4 is 21.7 Å². The zero-order valence-electron chi connectivity index (χ0n) is 10.5. The van der Waals surface area contributed by atoms with E-state index >= 15 is 0 Å². The van der Waals surface area contributed by atoms with Crippen molar-refractivity contribution in [3.63, 3.8) is 0 Å². The van der Waals surface area contributed by atoms with Crippen LogP contribution in [0.1, 0.15) is 33.1 Å². The molecule has 7 heteroatoms. The average molecular weight is 277 g/mol. The van der Waals surface area contributed by atoms with Gasteiger partial charge in [-0.3, -0.25) is 9.59 Å². The zero-order chi connectivity index (χ0) is 13.9. The summed E-state index contributed by atoms with van der Waals surface area (Å²) in [5.74, 6) is -2.36. The van der Waals surface area contributed by atoms with E-state index in [1.54, 1.807) is 0 Å². The zero-order valence-corrected chi connectivity index (χ0v) is 11.4. The van der Waals surface area contributed by atoms with E-state index < -0.39 is 38.6 Å². The predicted molar refractivity (Wildman–Crippen MR) is 65.8 cm³/mol. The second-order valence-corrected chi connectivity index (χ2v) is 7.53. The molecule has 1 aliphatic carbocycles. The molecule has 0 saturated heterocycles. The van der Waals surface area contributed by atoms with E-state index in [-0.39, 0.29) is 6.04 Å². The average Bonchev–Trinajstić information content (AvgIpc) is 2.64. The van der Waals surface area contributed by atoms with Gasteiger partial charge in [-0.05, 0) is 33.1 Å². The molecule has 0 aliphatic heterocycles. The smallest absolute Gasteiger partial charge is 0.306 e. The monoisotopic (exact) mass is 277 g/mol. The quantitative estimate of drug-likeness (QED) is 0.746. The fraction of sp³-hybridized carbons (Fsp3) is 0.818. The number of carboxylic acid groups (broad SMARTS) is 1. The number of aliphatic carboxylic acids is 1. The van der Waals surface area contributed by atoms with Gasteiger partial charge in [-0.2, -0.15) is 0 Å². The molecule has 0 radical (unpaired) electrons. The first-order valence-electron chi connectivity index (χ1n) is 5.96. The number of rotatable bonds is 5. The van der Waals surface area contributed by atoms with Crippen LogP contribution in [0.5, 0.6) is 0 Å². The second-order valence-electron chi connectivity index (χ2n) is 4.97. The van der Waals surface area contributed by atoms with E-state index in [2.05, 4.69) is 5.32 Å². The molecule has 2 atom stereocenters. The third-order valence-corrected chi connectivity index (χ3v) is 5.30. The van der Waals surface area contributed by atoms with Crippen molar-refractivity contribution < 1.29 is 23.1 Å². The maximum Gasteiger partial charge on any atom is 0.306 e. The highest BCUT2D eigenvalue weighted by Gasteiger charge is 2.31. The fourth-order valence-corrected chi connectivity index (χ4v) is 2.74. The molecular weight excluding hydrogens is 258 g/mol. The van der Waals surface area contributed by atoms with Crippen LogP contribution in [0.25, 0.3) is 0 Å². The maximum absolute atomic E-state index is 11.6. The molecule has 1 amide bonds. The first kappa shape index (κ1) is 14.9. The third-order valence-electron chi connectivity index (χ3n) is 3.20. The van der Waals surface area contributed by atoms with Crippen LogP contribution in [0, 0.1) is 5.92 Å². The number of sulfone groups is 1. The van der Waals surface area contributed by atoms with E-state index in [1.807, 2.05) is 0 Å². The van der Waals surface area contributed by atoms with Crippen molar-refractivity contribution in [1.82, 2.24) is 5.32 Å². The van der Waals surface area contributed by atoms with Crippen molar-refractivity contribution in [2.24, 2.45) is 5.92 Å².